The van der Waals surface area contributed by atoms with Gasteiger partial charge in [0, 0.05) is 23.0 Å². The molecule has 0 amide bonds. The maximum Gasteiger partial charge on any atom is 0.461 e. The number of nitrogens with zero attached hydrogens (tertiary/aromatic N) is 1. The lowest BCUT2D eigenvalue weighted by Gasteiger charge is -2.21. The smallest absolute Gasteiger partial charge is 0.461 e. The third kappa shape index (κ3) is 5.16. The van der Waals surface area contributed by atoms with E-state index in [2.05, 4.69) is 20.4 Å². The van der Waals surface area contributed by atoms with E-state index < -0.39 is 18.3 Å². The molecule has 3 rings (SSSR count). The highest BCUT2D eigenvalue weighted by atomic mass is 19.3. The van der Waals surface area contributed by atoms with E-state index in [9.17, 15) is 17.6 Å². The van der Waals surface area contributed by atoms with Gasteiger partial charge in [0.05, 0.1) is 27.9 Å². The molecule has 1 heterocycles. The summed E-state index contributed by atoms with van der Waals surface area (Å²) in [6.07, 6.45) is -6.72. The number of alkyl halides is 4. The highest BCUT2D eigenvalue weighted by Crippen LogP contribution is 2.39. The molecular weight excluding hydrogens is 434 g/mol. The maximum absolute atomic E-state index is 13.2. The van der Waals surface area contributed by atoms with Crippen molar-refractivity contribution in [1.29, 1.82) is 0 Å². The van der Waals surface area contributed by atoms with Crippen molar-refractivity contribution in [2.75, 3.05) is 33.2 Å². The Hall–Kier alpha value is -3.63. The SMILES string of the molecule is COc1cc(C2=CCN=C(Nc3cccc(OC(F)(F)C(F)F)c3)N2)cc(OC)c1OC. The molecular formula is C21H21F4N3O4. The quantitative estimate of drug-likeness (QED) is 0.577. The summed E-state index contributed by atoms with van der Waals surface area (Å²) in [5, 5.41) is 6.00. The van der Waals surface area contributed by atoms with Crippen LogP contribution in [-0.2, 0) is 0 Å². The number of hydrogen-bond acceptors (Lipinski definition) is 7. The number of aliphatic imine (C=N–C) groups is 1. The van der Waals surface area contributed by atoms with Crippen molar-refractivity contribution < 1.29 is 36.5 Å². The molecule has 0 aromatic heterocycles. The van der Waals surface area contributed by atoms with Crippen molar-refractivity contribution in [2.45, 2.75) is 12.5 Å². The third-order valence-corrected chi connectivity index (χ3v) is 4.38. The van der Waals surface area contributed by atoms with E-state index in [1.807, 2.05) is 6.08 Å². The highest BCUT2D eigenvalue weighted by Gasteiger charge is 2.44. The Bertz CT molecular complexity index is 1000. The van der Waals surface area contributed by atoms with Gasteiger partial charge in [-0.3, -0.25) is 0 Å². The van der Waals surface area contributed by atoms with Gasteiger partial charge in [-0.1, -0.05) is 6.07 Å². The van der Waals surface area contributed by atoms with Gasteiger partial charge in [0.1, 0.15) is 5.75 Å². The average molecular weight is 455 g/mol. The van der Waals surface area contributed by atoms with Crippen molar-refractivity contribution in [3.63, 3.8) is 0 Å². The van der Waals surface area contributed by atoms with Crippen LogP contribution >= 0.6 is 0 Å². The predicted molar refractivity (Wildman–Crippen MR) is 111 cm³/mol. The van der Waals surface area contributed by atoms with Crippen LogP contribution in [-0.4, -0.2) is 46.4 Å². The molecule has 0 aliphatic carbocycles. The standard InChI is InChI=1S/C21H21F4N3O4/c1-29-16-9-12(10-17(30-2)18(16)31-3)15-7-8-26-20(28-15)27-13-5-4-6-14(11-13)32-21(24,25)19(22)23/h4-7,9-11,19H,8H2,1-3H3,(H2,26,27,28). The van der Waals surface area contributed by atoms with Crippen LogP contribution in [0, 0.1) is 0 Å². The minimum absolute atomic E-state index is 0.310. The molecule has 0 atom stereocenters. The molecule has 0 fully saturated rings. The van der Waals surface area contributed by atoms with Gasteiger partial charge in [-0.15, -0.1) is 0 Å². The van der Waals surface area contributed by atoms with Crippen LogP contribution in [0.15, 0.2) is 47.5 Å². The Morgan fingerprint density at radius 3 is 2.31 bits per heavy atom. The van der Waals surface area contributed by atoms with Crippen molar-refractivity contribution in [2.24, 2.45) is 4.99 Å². The van der Waals surface area contributed by atoms with E-state index in [0.29, 0.717) is 41.1 Å². The summed E-state index contributed by atoms with van der Waals surface area (Å²) < 4.78 is 71.3. The summed E-state index contributed by atoms with van der Waals surface area (Å²) in [7, 11) is 4.51. The van der Waals surface area contributed by atoms with Crippen LogP contribution in [0.2, 0.25) is 0 Å². The Balaban J connectivity index is 1.76. The van der Waals surface area contributed by atoms with Crippen LogP contribution in [0.1, 0.15) is 5.56 Å². The second-order valence-electron chi connectivity index (χ2n) is 6.46. The molecule has 172 valence electrons. The minimum Gasteiger partial charge on any atom is -0.493 e. The number of methoxy groups -OCH3 is 3. The Morgan fingerprint density at radius 1 is 1.03 bits per heavy atom. The zero-order valence-electron chi connectivity index (χ0n) is 17.4. The lowest BCUT2D eigenvalue weighted by molar-refractivity contribution is -0.253. The lowest BCUT2D eigenvalue weighted by atomic mass is 10.1. The molecule has 0 saturated heterocycles. The van der Waals surface area contributed by atoms with Gasteiger partial charge in [-0.2, -0.15) is 17.6 Å². The Kier molecular flexibility index (Phi) is 6.96. The zero-order chi connectivity index (χ0) is 23.3. The molecule has 11 heteroatoms. The first-order chi connectivity index (χ1) is 15.3. The second-order valence-corrected chi connectivity index (χ2v) is 6.46. The van der Waals surface area contributed by atoms with E-state index in [-0.39, 0.29) is 0 Å². The lowest BCUT2D eigenvalue weighted by Crippen LogP contribution is -2.33. The fraction of sp³-hybridized carbons (Fsp3) is 0.286. The number of rotatable bonds is 8. The molecule has 32 heavy (non-hydrogen) atoms. The van der Waals surface area contributed by atoms with Gasteiger partial charge in [-0.05, 0) is 30.3 Å². The predicted octanol–water partition coefficient (Wildman–Crippen LogP) is 4.36. The van der Waals surface area contributed by atoms with Gasteiger partial charge in [0.25, 0.3) is 0 Å². The molecule has 7 nitrogen and oxygen atoms in total. The summed E-state index contributed by atoms with van der Waals surface area (Å²) in [5.74, 6) is 1.27. The summed E-state index contributed by atoms with van der Waals surface area (Å²) in [6, 6.07) is 8.76. The Morgan fingerprint density at radius 2 is 1.72 bits per heavy atom. The number of anilines is 1. The molecule has 0 bridgehead atoms. The van der Waals surface area contributed by atoms with Crippen LogP contribution in [0.5, 0.6) is 23.0 Å². The zero-order valence-corrected chi connectivity index (χ0v) is 17.4. The minimum atomic E-state index is -4.60. The summed E-state index contributed by atoms with van der Waals surface area (Å²) in [5.41, 5.74) is 1.71. The van der Waals surface area contributed by atoms with Crippen LogP contribution in [0.25, 0.3) is 5.70 Å². The number of halogens is 4. The van der Waals surface area contributed by atoms with Crippen molar-refractivity contribution in [3.8, 4) is 23.0 Å². The first-order valence-electron chi connectivity index (χ1n) is 9.31. The summed E-state index contributed by atoms with van der Waals surface area (Å²) in [6.45, 7) is 0.320. The van der Waals surface area contributed by atoms with Gasteiger partial charge in [0.2, 0.25) is 11.7 Å². The van der Waals surface area contributed by atoms with Gasteiger partial charge in [-0.25, -0.2) is 4.99 Å². The van der Waals surface area contributed by atoms with Crippen molar-refractivity contribution >= 4 is 17.3 Å². The monoisotopic (exact) mass is 455 g/mol. The van der Waals surface area contributed by atoms with Crippen molar-refractivity contribution in [1.82, 2.24) is 5.32 Å². The molecule has 2 N–H and O–H groups in total. The molecule has 2 aromatic rings. The fourth-order valence-electron chi connectivity index (χ4n) is 2.92. The fourth-order valence-corrected chi connectivity index (χ4v) is 2.92. The van der Waals surface area contributed by atoms with Gasteiger partial charge in [0.15, 0.2) is 11.5 Å². The van der Waals surface area contributed by atoms with Crippen LogP contribution < -0.4 is 29.6 Å². The number of nitrogens with one attached hydrogen (secondary N) is 2. The Labute approximate surface area is 181 Å². The molecule has 1 aliphatic heterocycles. The average Bonchev–Trinajstić information content (AvgIpc) is 2.78. The topological polar surface area (TPSA) is 73.3 Å². The van der Waals surface area contributed by atoms with E-state index in [1.54, 1.807) is 18.2 Å². The molecule has 0 radical (unpaired) electrons. The van der Waals surface area contributed by atoms with E-state index >= 15 is 0 Å². The number of benzene rings is 2. The maximum atomic E-state index is 13.2. The second kappa shape index (κ2) is 9.67. The summed E-state index contributed by atoms with van der Waals surface area (Å²) >= 11 is 0. The molecule has 0 unspecified atom stereocenters. The van der Waals surface area contributed by atoms with Gasteiger partial charge >= 0.3 is 12.5 Å². The number of hydrogen-bond donors (Lipinski definition) is 2. The largest absolute Gasteiger partial charge is 0.493 e. The van der Waals surface area contributed by atoms with Crippen LogP contribution in [0.4, 0.5) is 23.2 Å². The molecule has 2 aromatic carbocycles. The first kappa shape index (κ1) is 23.0. The molecule has 1 aliphatic rings. The molecule has 0 spiro atoms. The third-order valence-electron chi connectivity index (χ3n) is 4.38. The van der Waals surface area contributed by atoms with Crippen molar-refractivity contribution in [3.05, 3.63) is 48.0 Å². The van der Waals surface area contributed by atoms with E-state index in [1.165, 1.54) is 27.4 Å². The van der Waals surface area contributed by atoms with Crippen LogP contribution in [0.3, 0.4) is 0 Å². The van der Waals surface area contributed by atoms with E-state index in [4.69, 9.17) is 14.2 Å². The number of guanidine groups is 1. The summed E-state index contributed by atoms with van der Waals surface area (Å²) in [4.78, 5) is 4.27. The molecule has 0 saturated carbocycles. The first-order valence-corrected chi connectivity index (χ1v) is 9.31. The normalized spacial score (nSPS) is 13.6. The number of ether oxygens (including phenoxy) is 4. The van der Waals surface area contributed by atoms with E-state index in [0.717, 1.165) is 17.7 Å². The highest BCUT2D eigenvalue weighted by molar-refractivity contribution is 6.00. The van der Waals surface area contributed by atoms with Gasteiger partial charge < -0.3 is 29.6 Å².